The van der Waals surface area contributed by atoms with Crippen LogP contribution in [0, 0.1) is 5.92 Å². The molecule has 1 atom stereocenters. The molecule has 0 amide bonds. The van der Waals surface area contributed by atoms with Crippen LogP contribution in [0.1, 0.15) is 26.7 Å². The third-order valence-electron chi connectivity index (χ3n) is 4.49. The largest absolute Gasteiger partial charge is 0.470 e. The van der Waals surface area contributed by atoms with Crippen LogP contribution in [0.3, 0.4) is 0 Å². The van der Waals surface area contributed by atoms with Crippen LogP contribution >= 0.6 is 0 Å². The van der Waals surface area contributed by atoms with Crippen molar-refractivity contribution in [1.82, 2.24) is 14.9 Å². The minimum Gasteiger partial charge on any atom is -0.470 e. The Kier molecular flexibility index (Phi) is 5.67. The third kappa shape index (κ3) is 4.54. The molecule has 2 fully saturated rings. The van der Waals surface area contributed by atoms with Crippen LogP contribution in [-0.2, 0) is 4.74 Å². The number of hydrogen-bond acceptors (Lipinski definition) is 6. The Morgan fingerprint density at radius 1 is 1.22 bits per heavy atom. The first-order valence-electron chi connectivity index (χ1n) is 8.75. The number of morpholine rings is 1. The van der Waals surface area contributed by atoms with Gasteiger partial charge in [0.25, 0.3) is 5.88 Å². The average Bonchev–Trinajstić information content (AvgIpc) is 3.02. The van der Waals surface area contributed by atoms with E-state index in [-0.39, 0.29) is 6.10 Å². The minimum atomic E-state index is 0.221. The number of likely N-dealkylation sites (tertiary alicyclic amines) is 1. The van der Waals surface area contributed by atoms with Gasteiger partial charge in [0.15, 0.2) is 5.82 Å². The first-order chi connectivity index (χ1) is 11.2. The molecular weight excluding hydrogens is 292 g/mol. The van der Waals surface area contributed by atoms with Crippen LogP contribution < -0.4 is 9.64 Å². The molecule has 0 aliphatic carbocycles. The van der Waals surface area contributed by atoms with Crippen molar-refractivity contribution in [2.24, 2.45) is 5.92 Å². The number of anilines is 1. The summed E-state index contributed by atoms with van der Waals surface area (Å²) in [5.74, 6) is 2.28. The predicted molar refractivity (Wildman–Crippen MR) is 90.0 cm³/mol. The van der Waals surface area contributed by atoms with Crippen molar-refractivity contribution in [3.8, 4) is 5.88 Å². The van der Waals surface area contributed by atoms with Gasteiger partial charge >= 0.3 is 0 Å². The zero-order valence-electron chi connectivity index (χ0n) is 14.3. The zero-order chi connectivity index (χ0) is 16.1. The summed E-state index contributed by atoms with van der Waals surface area (Å²) in [7, 11) is 0. The Balaban J connectivity index is 1.58. The second-order valence-electron chi connectivity index (χ2n) is 6.80. The Labute approximate surface area is 138 Å². The van der Waals surface area contributed by atoms with E-state index in [1.807, 2.05) is 0 Å². The van der Waals surface area contributed by atoms with Crippen LogP contribution in [-0.4, -0.2) is 66.9 Å². The smallest absolute Gasteiger partial charge is 0.257 e. The Bertz CT molecular complexity index is 491. The first kappa shape index (κ1) is 16.5. The van der Waals surface area contributed by atoms with E-state index in [1.54, 1.807) is 12.4 Å². The van der Waals surface area contributed by atoms with Crippen molar-refractivity contribution in [1.29, 1.82) is 0 Å². The molecule has 3 rings (SSSR count). The van der Waals surface area contributed by atoms with Gasteiger partial charge in [-0.2, -0.15) is 0 Å². The van der Waals surface area contributed by atoms with Crippen LogP contribution in [0.15, 0.2) is 12.4 Å². The van der Waals surface area contributed by atoms with Crippen molar-refractivity contribution >= 4 is 5.82 Å². The van der Waals surface area contributed by atoms with Gasteiger partial charge in [0.05, 0.1) is 13.2 Å². The molecule has 1 unspecified atom stereocenters. The number of nitrogens with zero attached hydrogens (tertiary/aromatic N) is 4. The standard InChI is InChI=1S/C17H28N4O2/c1-14(2)3-7-20-8-4-15(13-20)23-17-16(18-5-6-19-17)21-9-11-22-12-10-21/h5-6,14-15H,3-4,7-13H2,1-2H3. The maximum absolute atomic E-state index is 6.20. The molecule has 2 aliphatic heterocycles. The molecule has 0 saturated carbocycles. The van der Waals surface area contributed by atoms with Crippen molar-refractivity contribution in [3.63, 3.8) is 0 Å². The van der Waals surface area contributed by atoms with Crippen molar-refractivity contribution in [3.05, 3.63) is 12.4 Å². The Morgan fingerprint density at radius 2 is 2.00 bits per heavy atom. The SMILES string of the molecule is CC(C)CCN1CCC(Oc2nccnc2N2CCOCC2)C1. The summed E-state index contributed by atoms with van der Waals surface area (Å²) in [6, 6.07) is 0. The maximum Gasteiger partial charge on any atom is 0.257 e. The van der Waals surface area contributed by atoms with E-state index in [0.717, 1.165) is 64.1 Å². The van der Waals surface area contributed by atoms with Gasteiger partial charge < -0.3 is 14.4 Å². The molecule has 1 aromatic rings. The summed E-state index contributed by atoms with van der Waals surface area (Å²) in [5.41, 5.74) is 0. The molecular formula is C17H28N4O2. The molecule has 0 spiro atoms. The summed E-state index contributed by atoms with van der Waals surface area (Å²) in [6.45, 7) is 11.0. The van der Waals surface area contributed by atoms with E-state index in [9.17, 15) is 0 Å². The van der Waals surface area contributed by atoms with Gasteiger partial charge in [-0.15, -0.1) is 0 Å². The number of hydrogen-bond donors (Lipinski definition) is 0. The van der Waals surface area contributed by atoms with Crippen LogP contribution in [0.4, 0.5) is 5.82 Å². The van der Waals surface area contributed by atoms with Gasteiger partial charge in [-0.3, -0.25) is 4.90 Å². The lowest BCUT2D eigenvalue weighted by molar-refractivity contribution is 0.121. The lowest BCUT2D eigenvalue weighted by Crippen LogP contribution is -2.37. The van der Waals surface area contributed by atoms with E-state index in [0.29, 0.717) is 5.88 Å². The van der Waals surface area contributed by atoms with E-state index in [2.05, 4.69) is 33.6 Å². The number of ether oxygens (including phenoxy) is 2. The van der Waals surface area contributed by atoms with E-state index in [1.165, 1.54) is 6.42 Å². The van der Waals surface area contributed by atoms with Gasteiger partial charge in [-0.25, -0.2) is 9.97 Å². The van der Waals surface area contributed by atoms with Gasteiger partial charge in [0.1, 0.15) is 6.10 Å². The lowest BCUT2D eigenvalue weighted by atomic mass is 10.1. The molecule has 3 heterocycles. The lowest BCUT2D eigenvalue weighted by Gasteiger charge is -2.29. The van der Waals surface area contributed by atoms with Gasteiger partial charge in [-0.05, 0) is 25.3 Å². The molecule has 0 N–H and O–H groups in total. The fourth-order valence-electron chi connectivity index (χ4n) is 3.09. The highest BCUT2D eigenvalue weighted by molar-refractivity contribution is 5.48. The van der Waals surface area contributed by atoms with Crippen LogP contribution in [0.2, 0.25) is 0 Å². The van der Waals surface area contributed by atoms with Crippen LogP contribution in [0.5, 0.6) is 5.88 Å². The quantitative estimate of drug-likeness (QED) is 0.797. The van der Waals surface area contributed by atoms with Crippen molar-refractivity contribution in [2.45, 2.75) is 32.8 Å². The monoisotopic (exact) mass is 320 g/mol. The highest BCUT2D eigenvalue weighted by Crippen LogP contribution is 2.26. The second-order valence-corrected chi connectivity index (χ2v) is 6.80. The highest BCUT2D eigenvalue weighted by atomic mass is 16.5. The minimum absolute atomic E-state index is 0.221. The van der Waals surface area contributed by atoms with E-state index >= 15 is 0 Å². The molecule has 23 heavy (non-hydrogen) atoms. The van der Waals surface area contributed by atoms with Gasteiger partial charge in [0.2, 0.25) is 0 Å². The summed E-state index contributed by atoms with van der Waals surface area (Å²) in [4.78, 5) is 13.6. The predicted octanol–water partition coefficient (Wildman–Crippen LogP) is 1.81. The fraction of sp³-hybridized carbons (Fsp3) is 0.765. The normalized spacial score (nSPS) is 22.7. The maximum atomic E-state index is 6.20. The summed E-state index contributed by atoms with van der Waals surface area (Å²) < 4.78 is 11.6. The summed E-state index contributed by atoms with van der Waals surface area (Å²) in [5, 5.41) is 0. The molecule has 2 aliphatic rings. The molecule has 0 bridgehead atoms. The van der Waals surface area contributed by atoms with Gasteiger partial charge in [0, 0.05) is 38.6 Å². The zero-order valence-corrected chi connectivity index (χ0v) is 14.3. The molecule has 6 nitrogen and oxygen atoms in total. The van der Waals surface area contributed by atoms with Gasteiger partial charge in [-0.1, -0.05) is 13.8 Å². The average molecular weight is 320 g/mol. The second kappa shape index (κ2) is 7.93. The molecule has 0 aromatic carbocycles. The van der Waals surface area contributed by atoms with Crippen LogP contribution in [0.25, 0.3) is 0 Å². The molecule has 2 saturated heterocycles. The fourth-order valence-corrected chi connectivity index (χ4v) is 3.09. The number of aromatic nitrogens is 2. The Morgan fingerprint density at radius 3 is 2.78 bits per heavy atom. The molecule has 1 aromatic heterocycles. The van der Waals surface area contributed by atoms with E-state index in [4.69, 9.17) is 9.47 Å². The van der Waals surface area contributed by atoms with Crippen molar-refractivity contribution < 1.29 is 9.47 Å². The van der Waals surface area contributed by atoms with Crippen molar-refractivity contribution in [2.75, 3.05) is 50.8 Å². The number of rotatable bonds is 6. The topological polar surface area (TPSA) is 50.7 Å². The Hall–Kier alpha value is -1.40. The molecule has 0 radical (unpaired) electrons. The summed E-state index contributed by atoms with van der Waals surface area (Å²) >= 11 is 0. The van der Waals surface area contributed by atoms with E-state index < -0.39 is 0 Å². The first-order valence-corrected chi connectivity index (χ1v) is 8.75. The summed E-state index contributed by atoms with van der Waals surface area (Å²) in [6.07, 6.45) is 5.98. The third-order valence-corrected chi connectivity index (χ3v) is 4.49. The molecule has 6 heteroatoms. The highest BCUT2D eigenvalue weighted by Gasteiger charge is 2.26. The molecule has 128 valence electrons.